The fourth-order valence-corrected chi connectivity index (χ4v) is 0.618. The molecule has 0 unspecified atom stereocenters. The van der Waals surface area contributed by atoms with Gasteiger partial charge in [-0.25, -0.2) is 0 Å². The van der Waals surface area contributed by atoms with Crippen molar-refractivity contribution in [3.8, 4) is 0 Å². The summed E-state index contributed by atoms with van der Waals surface area (Å²) < 4.78 is 0. The summed E-state index contributed by atoms with van der Waals surface area (Å²) in [6.07, 6.45) is -8.92. The Balaban J connectivity index is -0.000000340. The summed E-state index contributed by atoms with van der Waals surface area (Å²) in [4.78, 5) is 18.3. The van der Waals surface area contributed by atoms with Crippen molar-refractivity contribution >= 4 is 12.4 Å². The Bertz CT molecular complexity index is 208. The average Bonchev–Trinajstić information content (AvgIpc) is 2.24. The van der Waals surface area contributed by atoms with Crippen molar-refractivity contribution in [2.24, 2.45) is 0 Å². The van der Waals surface area contributed by atoms with Crippen molar-refractivity contribution in [3.63, 3.8) is 0 Å². The van der Waals surface area contributed by atoms with Gasteiger partial charge in [0.05, 0.1) is 6.61 Å². The number of rotatable bonds is 5. The van der Waals surface area contributed by atoms with Crippen LogP contribution in [0.2, 0.25) is 0 Å². The second kappa shape index (κ2) is 12.8. The monoisotopic (exact) mass is 280 g/mol. The smallest absolute Gasteiger partial charge is 0.565 e. The fraction of sp³-hybridized carbons (Fsp3) is 0.714. The van der Waals surface area contributed by atoms with Gasteiger partial charge in [0.15, 0.2) is 6.29 Å². The van der Waals surface area contributed by atoms with E-state index < -0.39 is 37.2 Å². The number of hydrogen-bond donors (Lipinski definition) is 6. The predicted molar refractivity (Wildman–Crippen MR) is 45.2 cm³/mol. The van der Waals surface area contributed by atoms with Crippen molar-refractivity contribution in [3.05, 3.63) is 0 Å². The summed E-state index contributed by atoms with van der Waals surface area (Å²) >= 11 is 0. The van der Waals surface area contributed by atoms with Gasteiger partial charge in [-0.3, -0.25) is 0 Å². The van der Waals surface area contributed by atoms with Crippen molar-refractivity contribution in [2.75, 3.05) is 6.61 Å². The van der Waals surface area contributed by atoms with Crippen LogP contribution in [0.3, 0.4) is 0 Å². The summed E-state index contributed by atoms with van der Waals surface area (Å²) in [7, 11) is 0. The molecule has 6 N–H and O–H groups in total. The topological polar surface area (TPSA) is 179 Å². The maximum absolute atomic E-state index is 9.90. The van der Waals surface area contributed by atoms with Crippen LogP contribution < -0.4 is 56.5 Å². The van der Waals surface area contributed by atoms with Crippen molar-refractivity contribution in [2.45, 2.75) is 24.4 Å². The normalized spacial score (nSPS) is 16.3. The minimum Gasteiger partial charge on any atom is -0.565 e. The molecule has 9 nitrogen and oxygen atoms in total. The number of carbonyl (C=O) groups excluding carboxylic acids is 1. The van der Waals surface area contributed by atoms with E-state index in [-0.39, 0.29) is 57.7 Å². The number of aldehydes is 1. The summed E-state index contributed by atoms with van der Waals surface area (Å²) in [5, 5.41) is 58.8. The molecule has 0 aromatic carbocycles. The predicted octanol–water partition coefficient (Wildman–Crippen LogP) is -7.49. The number of hydrogen-bond acceptors (Lipinski definition) is 8. The molecule has 0 heterocycles. The molecule has 17 heavy (non-hydrogen) atoms. The third kappa shape index (κ3) is 12.6. The minimum atomic E-state index is -2.08. The van der Waals surface area contributed by atoms with E-state index in [2.05, 4.69) is 0 Å². The molecule has 96 valence electrons. The number of carbonyl (C=O) groups is 2. The summed E-state index contributed by atoms with van der Waals surface area (Å²) in [5.41, 5.74) is 0. The van der Waals surface area contributed by atoms with Crippen molar-refractivity contribution < 1.29 is 96.7 Å². The maximum atomic E-state index is 9.90. The quantitative estimate of drug-likeness (QED) is 0.211. The number of carboxylic acid groups (broad SMARTS) is 2. The summed E-state index contributed by atoms with van der Waals surface area (Å²) in [6, 6.07) is 0. The third-order valence-electron chi connectivity index (χ3n) is 1.42. The zero-order valence-corrected chi connectivity index (χ0v) is 12.1. The van der Waals surface area contributed by atoms with Gasteiger partial charge >= 0.3 is 51.4 Å². The molecule has 0 spiro atoms. The van der Waals surface area contributed by atoms with Crippen LogP contribution >= 0.6 is 0 Å². The molecule has 0 aliphatic rings. The molecule has 4 atom stereocenters. The van der Waals surface area contributed by atoms with Gasteiger partial charge in [-0.05, 0) is 0 Å². The van der Waals surface area contributed by atoms with Crippen molar-refractivity contribution in [1.29, 1.82) is 0 Å². The van der Waals surface area contributed by atoms with Crippen LogP contribution in [0.5, 0.6) is 0 Å². The van der Waals surface area contributed by atoms with Crippen LogP contribution in [0, 0.1) is 0 Å². The van der Waals surface area contributed by atoms with Crippen LogP contribution in [-0.4, -0.2) is 74.1 Å². The van der Waals surface area contributed by atoms with E-state index in [1.165, 1.54) is 0 Å². The zero-order valence-electron chi connectivity index (χ0n) is 9.00. The maximum Gasteiger partial charge on any atom is 1.00 e. The largest absolute Gasteiger partial charge is 1.00 e. The Morgan fingerprint density at radius 3 is 1.76 bits per heavy atom. The van der Waals surface area contributed by atoms with Gasteiger partial charge in [0.25, 0.3) is 0 Å². The Morgan fingerprint density at radius 2 is 1.53 bits per heavy atom. The number of aliphatic hydroxyl groups excluding tert-OH is 5. The molecule has 0 radical (unpaired) electrons. The molecule has 0 saturated carbocycles. The number of aliphatic hydroxyl groups is 5. The zero-order chi connectivity index (χ0) is 13.3. The van der Waals surface area contributed by atoms with Gasteiger partial charge in [-0.1, -0.05) is 0 Å². The van der Waals surface area contributed by atoms with Gasteiger partial charge < -0.3 is 45.3 Å². The first-order valence-electron chi connectivity index (χ1n) is 3.96. The molecule has 10 heteroatoms. The van der Waals surface area contributed by atoms with Crippen LogP contribution in [0.4, 0.5) is 4.79 Å². The standard InChI is InChI=1S/C6H12O6.CH2O3.K/c7-1-3(9)5(11)6(12)4(10)2-8;2-1(3)4;/h1,3-6,8-12H,2H2;(H2,2,3,4);/q;;+1/p-1/t3-,4+,5+,6+;;/m0../s1. The fourth-order valence-electron chi connectivity index (χ4n) is 0.618. The van der Waals surface area contributed by atoms with Crippen LogP contribution in [0.15, 0.2) is 0 Å². The van der Waals surface area contributed by atoms with E-state index in [0.29, 0.717) is 0 Å². The first-order valence-corrected chi connectivity index (χ1v) is 3.96. The van der Waals surface area contributed by atoms with E-state index in [0.717, 1.165) is 0 Å². The molecule has 0 fully saturated rings. The third-order valence-corrected chi connectivity index (χ3v) is 1.42. The SMILES string of the molecule is O=C([O-])O.O=C[C@H](O)[C@@H](O)[C@H](O)[C@H](O)CO.[K+]. The van der Waals surface area contributed by atoms with E-state index in [1.54, 1.807) is 0 Å². The second-order valence-corrected chi connectivity index (χ2v) is 2.62. The molecule has 0 bridgehead atoms. The van der Waals surface area contributed by atoms with Crippen LogP contribution in [-0.2, 0) is 4.79 Å². The van der Waals surface area contributed by atoms with Crippen LogP contribution in [0.1, 0.15) is 0 Å². The Labute approximate surface area is 139 Å². The molecule has 0 amide bonds. The molecular formula is C7H13KO9. The van der Waals surface area contributed by atoms with Gasteiger partial charge in [-0.15, -0.1) is 0 Å². The van der Waals surface area contributed by atoms with Gasteiger partial charge in [0.2, 0.25) is 6.16 Å². The molecule has 0 aromatic rings. The van der Waals surface area contributed by atoms with Gasteiger partial charge in [-0.2, -0.15) is 0 Å². The Hall–Kier alpha value is 0.376. The van der Waals surface area contributed by atoms with E-state index in [1.807, 2.05) is 0 Å². The average molecular weight is 280 g/mol. The first-order chi connectivity index (χ1) is 7.27. The Kier molecular flexibility index (Phi) is 17.0. The van der Waals surface area contributed by atoms with Crippen LogP contribution in [0.25, 0.3) is 0 Å². The molecule has 0 aliphatic carbocycles. The molecular weight excluding hydrogens is 267 g/mol. The molecule has 0 aliphatic heterocycles. The first kappa shape index (κ1) is 22.5. The van der Waals surface area contributed by atoms with E-state index in [4.69, 9.17) is 40.5 Å². The summed E-state index contributed by atoms with van der Waals surface area (Å²) in [5.74, 6) is 0. The molecule has 0 aromatic heterocycles. The van der Waals surface area contributed by atoms with E-state index >= 15 is 0 Å². The summed E-state index contributed by atoms with van der Waals surface area (Å²) in [6.45, 7) is -0.760. The molecule has 0 rings (SSSR count). The Morgan fingerprint density at radius 1 is 1.18 bits per heavy atom. The van der Waals surface area contributed by atoms with Gasteiger partial charge in [0.1, 0.15) is 24.4 Å². The van der Waals surface area contributed by atoms with Crippen molar-refractivity contribution in [1.82, 2.24) is 0 Å². The minimum absolute atomic E-state index is 0. The van der Waals surface area contributed by atoms with E-state index in [9.17, 15) is 4.79 Å². The van der Waals surface area contributed by atoms with Gasteiger partial charge in [0, 0.05) is 0 Å². The molecule has 0 saturated heterocycles. The second-order valence-electron chi connectivity index (χ2n) is 2.62.